The Kier molecular flexibility index (Phi) is 6.20. The van der Waals surface area contributed by atoms with Gasteiger partial charge in [-0.1, -0.05) is 30.3 Å². The molecule has 3 rings (SSSR count). The maximum Gasteiger partial charge on any atom is 0.262 e. The number of hydrogen-bond acceptors (Lipinski definition) is 3. The summed E-state index contributed by atoms with van der Waals surface area (Å²) in [5, 5.41) is 13.0. The Labute approximate surface area is 162 Å². The van der Waals surface area contributed by atoms with E-state index in [1.54, 1.807) is 19.3 Å². The van der Waals surface area contributed by atoms with Crippen LogP contribution in [0.1, 0.15) is 11.1 Å². The van der Waals surface area contributed by atoms with Crippen LogP contribution < -0.4 is 5.32 Å². The Bertz CT molecular complexity index is 1060. The van der Waals surface area contributed by atoms with Crippen molar-refractivity contribution in [2.45, 2.75) is 6.54 Å². The lowest BCUT2D eigenvalue weighted by atomic mass is 10.1. The first-order chi connectivity index (χ1) is 13.6. The highest BCUT2D eigenvalue weighted by molar-refractivity contribution is 6.04. The van der Waals surface area contributed by atoms with Crippen molar-refractivity contribution in [3.63, 3.8) is 0 Å². The van der Waals surface area contributed by atoms with Crippen LogP contribution in [0.3, 0.4) is 0 Å². The van der Waals surface area contributed by atoms with Crippen molar-refractivity contribution in [3.8, 4) is 6.07 Å². The Hall–Kier alpha value is -3.43. The minimum atomic E-state index is -0.443. The zero-order valence-electron chi connectivity index (χ0n) is 15.5. The number of hydrogen-bond donors (Lipinski definition) is 1. The molecule has 1 amide bonds. The lowest BCUT2D eigenvalue weighted by molar-refractivity contribution is -0.117. The minimum Gasteiger partial charge on any atom is -0.383 e. The average molecular weight is 377 g/mol. The number of ether oxygens (including phenoxy) is 1. The lowest BCUT2D eigenvalue weighted by Crippen LogP contribution is -2.27. The van der Waals surface area contributed by atoms with E-state index in [9.17, 15) is 14.4 Å². The third kappa shape index (κ3) is 4.45. The highest BCUT2D eigenvalue weighted by Crippen LogP contribution is 2.24. The van der Waals surface area contributed by atoms with Crippen LogP contribution in [0.2, 0.25) is 0 Å². The summed E-state index contributed by atoms with van der Waals surface area (Å²) in [6.07, 6.45) is 3.45. The molecule has 0 unspecified atom stereocenters. The predicted molar refractivity (Wildman–Crippen MR) is 106 cm³/mol. The molecule has 1 N–H and O–H groups in total. The van der Waals surface area contributed by atoms with Crippen molar-refractivity contribution in [3.05, 3.63) is 77.2 Å². The van der Waals surface area contributed by atoms with E-state index in [1.807, 2.05) is 47.2 Å². The molecular formula is C22H20FN3O2. The molecule has 0 radical (unpaired) electrons. The zero-order valence-corrected chi connectivity index (χ0v) is 15.5. The molecule has 28 heavy (non-hydrogen) atoms. The number of benzene rings is 2. The van der Waals surface area contributed by atoms with E-state index >= 15 is 0 Å². The van der Waals surface area contributed by atoms with Crippen LogP contribution in [0.5, 0.6) is 0 Å². The van der Waals surface area contributed by atoms with Crippen molar-refractivity contribution >= 4 is 22.9 Å². The first kappa shape index (κ1) is 19.3. The second-order valence-corrected chi connectivity index (χ2v) is 6.28. The van der Waals surface area contributed by atoms with E-state index < -0.39 is 5.91 Å². The first-order valence-corrected chi connectivity index (χ1v) is 8.83. The van der Waals surface area contributed by atoms with Crippen LogP contribution in [0, 0.1) is 17.1 Å². The molecule has 2 aromatic carbocycles. The number of para-hydroxylation sites is 1. The van der Waals surface area contributed by atoms with Crippen LogP contribution in [0.4, 0.5) is 4.39 Å². The highest BCUT2D eigenvalue weighted by Gasteiger charge is 2.12. The number of amides is 1. The first-order valence-electron chi connectivity index (χ1n) is 8.83. The summed E-state index contributed by atoms with van der Waals surface area (Å²) < 4.78 is 20.4. The van der Waals surface area contributed by atoms with Gasteiger partial charge in [0.1, 0.15) is 17.5 Å². The van der Waals surface area contributed by atoms with Gasteiger partial charge in [-0.2, -0.15) is 5.26 Å². The highest BCUT2D eigenvalue weighted by atomic mass is 19.1. The van der Waals surface area contributed by atoms with Crippen LogP contribution in [-0.4, -0.2) is 30.7 Å². The fourth-order valence-electron chi connectivity index (χ4n) is 3.02. The molecule has 3 aromatic rings. The molecule has 0 bridgehead atoms. The van der Waals surface area contributed by atoms with E-state index in [1.165, 1.54) is 12.1 Å². The van der Waals surface area contributed by atoms with Gasteiger partial charge in [-0.15, -0.1) is 0 Å². The number of nitrogens with one attached hydrogen (secondary N) is 1. The van der Waals surface area contributed by atoms with Gasteiger partial charge in [-0.05, 0) is 29.8 Å². The summed E-state index contributed by atoms with van der Waals surface area (Å²) in [6, 6.07) is 16.1. The fourth-order valence-corrected chi connectivity index (χ4v) is 3.02. The second-order valence-electron chi connectivity index (χ2n) is 6.28. The van der Waals surface area contributed by atoms with Crippen molar-refractivity contribution in [2.75, 3.05) is 20.3 Å². The normalized spacial score (nSPS) is 11.4. The van der Waals surface area contributed by atoms with Crippen LogP contribution in [-0.2, 0) is 16.1 Å². The van der Waals surface area contributed by atoms with Gasteiger partial charge in [-0.25, -0.2) is 4.39 Å². The molecule has 0 atom stereocenters. The smallest absolute Gasteiger partial charge is 0.262 e. The number of rotatable bonds is 7. The van der Waals surface area contributed by atoms with Crippen LogP contribution >= 0.6 is 0 Å². The van der Waals surface area contributed by atoms with E-state index in [4.69, 9.17) is 4.74 Å². The summed E-state index contributed by atoms with van der Waals surface area (Å²) in [7, 11) is 1.54. The molecule has 0 fully saturated rings. The number of carbonyl (C=O) groups is 1. The molecule has 0 saturated heterocycles. The third-order valence-corrected chi connectivity index (χ3v) is 4.32. The molecule has 0 aliphatic rings. The fraction of sp³-hybridized carbons (Fsp3) is 0.182. The van der Waals surface area contributed by atoms with Gasteiger partial charge in [-0.3, -0.25) is 4.79 Å². The topological polar surface area (TPSA) is 67.0 Å². The largest absolute Gasteiger partial charge is 0.383 e. The quantitative estimate of drug-likeness (QED) is 0.389. The molecule has 0 aliphatic heterocycles. The van der Waals surface area contributed by atoms with Crippen LogP contribution in [0.15, 0.2) is 60.3 Å². The maximum atomic E-state index is 13.5. The molecule has 5 nitrogen and oxygen atoms in total. The average Bonchev–Trinajstić information content (AvgIpc) is 3.03. The number of fused-ring (bicyclic) bond motifs is 1. The molecule has 1 aromatic heterocycles. The van der Waals surface area contributed by atoms with Gasteiger partial charge >= 0.3 is 0 Å². The van der Waals surface area contributed by atoms with Crippen molar-refractivity contribution in [1.82, 2.24) is 9.88 Å². The minimum absolute atomic E-state index is 0.0183. The number of nitrogens with zero attached hydrogens (tertiary/aromatic N) is 2. The summed E-state index contributed by atoms with van der Waals surface area (Å²) in [6.45, 7) is 1.18. The standard InChI is InChI=1S/C22H20FN3O2/c1-28-10-9-25-22(27)17(13-24)12-18-15-26(21-8-3-2-7-20(18)21)14-16-5-4-6-19(23)11-16/h2-8,11-12,15H,9-10,14H2,1H3,(H,25,27). The lowest BCUT2D eigenvalue weighted by Gasteiger charge is -2.05. The molecule has 0 spiro atoms. The van der Waals surface area contributed by atoms with Crippen LogP contribution in [0.25, 0.3) is 17.0 Å². The van der Waals surface area contributed by atoms with Gasteiger partial charge in [0.05, 0.1) is 6.61 Å². The van der Waals surface area contributed by atoms with Crippen molar-refractivity contribution in [2.24, 2.45) is 0 Å². The van der Waals surface area contributed by atoms with E-state index in [0.717, 1.165) is 22.0 Å². The van der Waals surface area contributed by atoms with E-state index in [2.05, 4.69) is 5.32 Å². The predicted octanol–water partition coefficient (Wildman–Crippen LogP) is 3.50. The van der Waals surface area contributed by atoms with E-state index in [0.29, 0.717) is 19.7 Å². The van der Waals surface area contributed by atoms with Gasteiger partial charge in [0.2, 0.25) is 0 Å². The third-order valence-electron chi connectivity index (χ3n) is 4.32. The summed E-state index contributed by atoms with van der Waals surface area (Å²) in [4.78, 5) is 12.2. The monoisotopic (exact) mass is 377 g/mol. The Morgan fingerprint density at radius 1 is 1.29 bits per heavy atom. The Morgan fingerprint density at radius 3 is 2.86 bits per heavy atom. The Morgan fingerprint density at radius 2 is 2.11 bits per heavy atom. The van der Waals surface area contributed by atoms with Gasteiger partial charge < -0.3 is 14.6 Å². The second kappa shape index (κ2) is 8.98. The van der Waals surface area contributed by atoms with Gasteiger partial charge in [0.15, 0.2) is 0 Å². The van der Waals surface area contributed by atoms with Crippen molar-refractivity contribution in [1.29, 1.82) is 5.26 Å². The number of aromatic nitrogens is 1. The SMILES string of the molecule is COCCNC(=O)C(C#N)=Cc1cn(Cc2cccc(F)c2)c2ccccc12. The summed E-state index contributed by atoms with van der Waals surface area (Å²) in [5.41, 5.74) is 2.54. The molecule has 6 heteroatoms. The van der Waals surface area contributed by atoms with Gasteiger partial charge in [0.25, 0.3) is 5.91 Å². The van der Waals surface area contributed by atoms with E-state index in [-0.39, 0.29) is 11.4 Å². The number of methoxy groups -OCH3 is 1. The Balaban J connectivity index is 1.95. The molecule has 1 heterocycles. The summed E-state index contributed by atoms with van der Waals surface area (Å²) in [5.74, 6) is -0.727. The zero-order chi connectivity index (χ0) is 19.9. The number of halogens is 1. The molecule has 0 aliphatic carbocycles. The maximum absolute atomic E-state index is 13.5. The van der Waals surface area contributed by atoms with Gasteiger partial charge in [0, 0.05) is 42.9 Å². The number of nitriles is 1. The van der Waals surface area contributed by atoms with Crippen molar-refractivity contribution < 1.29 is 13.9 Å². The summed E-state index contributed by atoms with van der Waals surface area (Å²) >= 11 is 0. The molecule has 0 saturated carbocycles. The molecule has 142 valence electrons. The number of carbonyl (C=O) groups excluding carboxylic acids is 1. The molecular weight excluding hydrogens is 357 g/mol.